The normalized spacial score (nSPS) is 15.2. The summed E-state index contributed by atoms with van der Waals surface area (Å²) in [6, 6.07) is 11.2. The van der Waals surface area contributed by atoms with E-state index in [4.69, 9.17) is 10.8 Å². The van der Waals surface area contributed by atoms with E-state index in [1.807, 2.05) is 0 Å². The Balaban J connectivity index is 1.69. The van der Waals surface area contributed by atoms with E-state index in [9.17, 15) is 9.59 Å². The Hall–Kier alpha value is -4.11. The molecule has 1 aromatic carbocycles. The first-order valence-electron chi connectivity index (χ1n) is 12.3. The third-order valence-corrected chi connectivity index (χ3v) is 5.98. The number of amides is 1. The Morgan fingerprint density at radius 2 is 1.92 bits per heavy atom. The number of anilines is 1. The Labute approximate surface area is 216 Å². The number of carbonyl (C=O) groups excluding carboxylic acids is 2. The van der Waals surface area contributed by atoms with Crippen molar-refractivity contribution in [3.05, 3.63) is 77.9 Å². The number of aromatic nitrogens is 2. The molecule has 3 aromatic rings. The maximum absolute atomic E-state index is 15.4. The van der Waals surface area contributed by atoms with E-state index in [2.05, 4.69) is 14.7 Å². The van der Waals surface area contributed by atoms with Gasteiger partial charge >= 0.3 is 5.97 Å². The molecule has 1 unspecified atom stereocenters. The second kappa shape index (κ2) is 12.2. The van der Waals surface area contributed by atoms with E-state index in [1.165, 1.54) is 49.6 Å². The van der Waals surface area contributed by atoms with Gasteiger partial charge in [-0.2, -0.15) is 0 Å². The molecule has 1 atom stereocenters. The summed E-state index contributed by atoms with van der Waals surface area (Å²) in [7, 11) is 2.78. The van der Waals surface area contributed by atoms with Gasteiger partial charge in [-0.3, -0.25) is 9.69 Å². The van der Waals surface area contributed by atoms with Crippen LogP contribution < -0.4 is 9.64 Å². The average molecular weight is 507 g/mol. The number of rotatable bonds is 8. The molecule has 1 amide bonds. The average Bonchev–Trinajstić information content (AvgIpc) is 2.96. The van der Waals surface area contributed by atoms with Crippen molar-refractivity contribution in [3.8, 4) is 17.0 Å². The Bertz CT molecular complexity index is 1310. The SMILES string of the molecule is [2H]C(c1ccc(-c2ccc(OC)nc2)cc1F)N(C(=O)C1CCOCC1)c1cc(/C=C/C(=O)OC)ccn1. The van der Waals surface area contributed by atoms with Crippen molar-refractivity contribution in [2.24, 2.45) is 5.92 Å². The summed E-state index contributed by atoms with van der Waals surface area (Å²) in [6.07, 6.45) is 6.80. The van der Waals surface area contributed by atoms with Crippen molar-refractivity contribution >= 4 is 23.8 Å². The third-order valence-electron chi connectivity index (χ3n) is 5.98. The molecule has 0 N–H and O–H groups in total. The minimum atomic E-state index is -1.40. The van der Waals surface area contributed by atoms with Crippen molar-refractivity contribution in [2.75, 3.05) is 32.3 Å². The van der Waals surface area contributed by atoms with Gasteiger partial charge in [0.05, 0.1) is 22.1 Å². The molecule has 0 aliphatic carbocycles. The van der Waals surface area contributed by atoms with E-state index in [0.29, 0.717) is 48.6 Å². The highest BCUT2D eigenvalue weighted by molar-refractivity contribution is 5.94. The van der Waals surface area contributed by atoms with Crippen molar-refractivity contribution in [1.82, 2.24) is 9.97 Å². The first kappa shape index (κ1) is 24.6. The lowest BCUT2D eigenvalue weighted by atomic mass is 9.98. The molecule has 0 bridgehead atoms. The highest BCUT2D eigenvalue weighted by Crippen LogP contribution is 2.27. The highest BCUT2D eigenvalue weighted by atomic mass is 19.1. The molecule has 0 spiro atoms. The number of benzene rings is 1. The minimum Gasteiger partial charge on any atom is -0.481 e. The van der Waals surface area contributed by atoms with Gasteiger partial charge in [0.15, 0.2) is 0 Å². The lowest BCUT2D eigenvalue weighted by Crippen LogP contribution is -2.39. The molecule has 1 aliphatic heterocycles. The summed E-state index contributed by atoms with van der Waals surface area (Å²) in [6.45, 7) is -0.539. The highest BCUT2D eigenvalue weighted by Gasteiger charge is 2.29. The van der Waals surface area contributed by atoms with Crippen LogP contribution in [0.15, 0.2) is 60.9 Å². The summed E-state index contributed by atoms with van der Waals surface area (Å²) in [5.41, 5.74) is 1.84. The zero-order valence-electron chi connectivity index (χ0n) is 21.6. The van der Waals surface area contributed by atoms with E-state index in [0.717, 1.165) is 0 Å². The van der Waals surface area contributed by atoms with Gasteiger partial charge in [-0.25, -0.2) is 19.2 Å². The Kier molecular flexibility index (Phi) is 8.12. The molecule has 8 nitrogen and oxygen atoms in total. The number of methoxy groups -OCH3 is 2. The molecule has 1 saturated heterocycles. The van der Waals surface area contributed by atoms with Crippen LogP contribution in [0, 0.1) is 11.7 Å². The third kappa shape index (κ3) is 6.56. The van der Waals surface area contributed by atoms with Gasteiger partial charge in [0.2, 0.25) is 11.8 Å². The number of nitrogens with zero attached hydrogens (tertiary/aromatic N) is 3. The molecule has 2 aromatic heterocycles. The summed E-state index contributed by atoms with van der Waals surface area (Å²) in [4.78, 5) is 34.9. The van der Waals surface area contributed by atoms with Crippen LogP contribution in [0.1, 0.15) is 25.3 Å². The van der Waals surface area contributed by atoms with Gasteiger partial charge in [0.1, 0.15) is 11.6 Å². The van der Waals surface area contributed by atoms with Crippen LogP contribution in [0.5, 0.6) is 5.88 Å². The number of hydrogen-bond acceptors (Lipinski definition) is 7. The smallest absolute Gasteiger partial charge is 0.330 e. The number of ether oxygens (including phenoxy) is 3. The van der Waals surface area contributed by atoms with Gasteiger partial charge in [0, 0.05) is 54.8 Å². The summed E-state index contributed by atoms with van der Waals surface area (Å²) in [5.74, 6) is -1.28. The fraction of sp³-hybridized carbons (Fsp3) is 0.286. The summed E-state index contributed by atoms with van der Waals surface area (Å²) in [5, 5.41) is 0. The molecular weight excluding hydrogens is 477 g/mol. The summed E-state index contributed by atoms with van der Waals surface area (Å²) < 4.78 is 39.5. The number of hydrogen-bond donors (Lipinski definition) is 0. The molecule has 0 radical (unpaired) electrons. The van der Waals surface area contributed by atoms with Gasteiger partial charge in [0.25, 0.3) is 0 Å². The molecule has 1 aliphatic rings. The van der Waals surface area contributed by atoms with Crippen LogP contribution in [0.4, 0.5) is 10.2 Å². The van der Waals surface area contributed by atoms with Crippen LogP contribution in [-0.4, -0.2) is 49.3 Å². The maximum Gasteiger partial charge on any atom is 0.330 e. The van der Waals surface area contributed by atoms with Gasteiger partial charge < -0.3 is 14.2 Å². The lowest BCUT2D eigenvalue weighted by molar-refractivity contribution is -0.134. The zero-order valence-corrected chi connectivity index (χ0v) is 20.6. The van der Waals surface area contributed by atoms with Crippen molar-refractivity contribution in [2.45, 2.75) is 19.4 Å². The quantitative estimate of drug-likeness (QED) is 0.330. The first-order chi connectivity index (χ1) is 18.4. The standard InChI is InChI=1S/C28H28FN3O5/c1-35-26-7-6-22(17-31-26)21-4-5-23(24(29)16-21)18-32(28(34)20-10-13-37-14-11-20)25-15-19(9-12-30-25)3-8-27(33)36-2/h3-9,12,15-17,20H,10-11,13-14,18H2,1-2H3/b8-3+/i18D. The zero-order chi connectivity index (χ0) is 27.1. The van der Waals surface area contributed by atoms with E-state index in [1.54, 1.807) is 36.5 Å². The Morgan fingerprint density at radius 3 is 2.59 bits per heavy atom. The lowest BCUT2D eigenvalue weighted by Gasteiger charge is -2.29. The fourth-order valence-electron chi connectivity index (χ4n) is 3.91. The molecular formula is C28H28FN3O5. The Morgan fingerprint density at radius 1 is 1.14 bits per heavy atom. The van der Waals surface area contributed by atoms with Crippen LogP contribution in [-0.2, 0) is 25.6 Å². The minimum absolute atomic E-state index is 0.0212. The first-order valence-corrected chi connectivity index (χ1v) is 11.8. The topological polar surface area (TPSA) is 90.8 Å². The van der Waals surface area contributed by atoms with Gasteiger partial charge in [-0.05, 0) is 54.3 Å². The number of carbonyl (C=O) groups is 2. The molecule has 4 rings (SSSR count). The molecule has 9 heteroatoms. The predicted molar refractivity (Wildman–Crippen MR) is 136 cm³/mol. The number of pyridine rings is 2. The van der Waals surface area contributed by atoms with Gasteiger partial charge in [-0.1, -0.05) is 12.1 Å². The second-order valence-electron chi connectivity index (χ2n) is 8.35. The van der Waals surface area contributed by atoms with Crippen LogP contribution in [0.3, 0.4) is 0 Å². The van der Waals surface area contributed by atoms with E-state index in [-0.39, 0.29) is 23.2 Å². The van der Waals surface area contributed by atoms with Crippen molar-refractivity contribution in [1.29, 1.82) is 0 Å². The molecule has 37 heavy (non-hydrogen) atoms. The monoisotopic (exact) mass is 506 g/mol. The summed E-state index contributed by atoms with van der Waals surface area (Å²) >= 11 is 0. The van der Waals surface area contributed by atoms with Crippen molar-refractivity contribution in [3.63, 3.8) is 0 Å². The fourth-order valence-corrected chi connectivity index (χ4v) is 3.91. The molecule has 192 valence electrons. The predicted octanol–water partition coefficient (Wildman–Crippen LogP) is 4.44. The maximum atomic E-state index is 15.4. The molecule has 1 fully saturated rings. The largest absolute Gasteiger partial charge is 0.481 e. The van der Waals surface area contributed by atoms with Crippen LogP contribution in [0.2, 0.25) is 0 Å². The van der Waals surface area contributed by atoms with E-state index < -0.39 is 18.3 Å². The van der Waals surface area contributed by atoms with Crippen LogP contribution in [0.25, 0.3) is 17.2 Å². The van der Waals surface area contributed by atoms with Gasteiger partial charge in [-0.15, -0.1) is 0 Å². The second-order valence-corrected chi connectivity index (χ2v) is 8.35. The number of halogens is 1. The molecule has 0 saturated carbocycles. The van der Waals surface area contributed by atoms with Crippen LogP contribution >= 0.6 is 0 Å². The van der Waals surface area contributed by atoms with E-state index >= 15 is 4.39 Å². The number of esters is 1. The van der Waals surface area contributed by atoms with Crippen molar-refractivity contribution < 1.29 is 29.6 Å². The molecule has 3 heterocycles.